The van der Waals surface area contributed by atoms with Crippen molar-refractivity contribution in [2.45, 2.75) is 25.0 Å². The zero-order chi connectivity index (χ0) is 7.78. The summed E-state index contributed by atoms with van der Waals surface area (Å²) in [5, 5.41) is 18.8. The molecule has 1 heterocycles. The maximum atomic E-state index is 9.47. The smallest absolute Gasteiger partial charge is 0.129 e. The Morgan fingerprint density at radius 2 is 2.30 bits per heavy atom. The molecule has 3 N–H and O–H groups in total. The lowest BCUT2D eigenvalue weighted by Crippen LogP contribution is -3.10. The van der Waals surface area contributed by atoms with Gasteiger partial charge in [-0.1, -0.05) is 0 Å². The number of rotatable bonds is 0. The standard InChI is InChI=1S/C7H15NO2/c1-7(10)3-4-8(2)5-6(7)9/h6,8-10H,2-5H2,1H3/t6-,7+/m0/s1. The Labute approximate surface area is 61.3 Å². The third-order valence-corrected chi connectivity index (χ3v) is 2.18. The first-order valence-corrected chi connectivity index (χ1v) is 3.59. The highest BCUT2D eigenvalue weighted by Crippen LogP contribution is 2.14. The monoisotopic (exact) mass is 145 g/mol. The summed E-state index contributed by atoms with van der Waals surface area (Å²) in [6.07, 6.45) is 0.0150. The lowest BCUT2D eigenvalue weighted by atomic mass is 9.91. The number of piperidine rings is 1. The van der Waals surface area contributed by atoms with E-state index in [1.165, 1.54) is 0 Å². The molecule has 1 rings (SSSR count). The molecule has 3 atom stereocenters. The fraction of sp³-hybridized carbons (Fsp3) is 0.857. The lowest BCUT2D eigenvalue weighted by Gasteiger charge is -2.38. The molecule has 0 amide bonds. The second-order valence-electron chi connectivity index (χ2n) is 3.33. The predicted molar refractivity (Wildman–Crippen MR) is 37.3 cm³/mol. The van der Waals surface area contributed by atoms with Gasteiger partial charge in [0.2, 0.25) is 0 Å². The average molecular weight is 145 g/mol. The molecule has 60 valence electrons. The van der Waals surface area contributed by atoms with Gasteiger partial charge in [-0.2, -0.15) is 7.05 Å². The molecule has 0 saturated carbocycles. The summed E-state index contributed by atoms with van der Waals surface area (Å²) in [5.41, 5.74) is -0.888. The summed E-state index contributed by atoms with van der Waals surface area (Å²) in [6.45, 7) is 3.06. The molecule has 0 aromatic rings. The van der Waals surface area contributed by atoms with Gasteiger partial charge in [0.05, 0.1) is 18.7 Å². The van der Waals surface area contributed by atoms with Crippen molar-refractivity contribution in [2.75, 3.05) is 13.1 Å². The van der Waals surface area contributed by atoms with E-state index < -0.39 is 11.7 Å². The number of hydrogen-bond donors (Lipinski definition) is 3. The molecule has 10 heavy (non-hydrogen) atoms. The Hall–Kier alpha value is -0.120. The fourth-order valence-electron chi connectivity index (χ4n) is 1.19. The van der Waals surface area contributed by atoms with Crippen molar-refractivity contribution < 1.29 is 15.1 Å². The fourth-order valence-corrected chi connectivity index (χ4v) is 1.19. The van der Waals surface area contributed by atoms with Crippen molar-refractivity contribution in [3.05, 3.63) is 7.05 Å². The van der Waals surface area contributed by atoms with Gasteiger partial charge in [-0.05, 0) is 6.92 Å². The van der Waals surface area contributed by atoms with E-state index in [0.717, 1.165) is 11.4 Å². The second kappa shape index (κ2) is 2.49. The van der Waals surface area contributed by atoms with Crippen LogP contribution in [-0.2, 0) is 0 Å². The molecule has 3 heteroatoms. The number of aliphatic hydroxyl groups excluding tert-OH is 1. The Bertz CT molecular complexity index is 125. The summed E-state index contributed by atoms with van der Waals surface area (Å²) in [7, 11) is 3.76. The van der Waals surface area contributed by atoms with Crippen LogP contribution in [0, 0.1) is 7.05 Å². The Balaban J connectivity index is 2.52. The minimum Gasteiger partial charge on any atom is -0.466 e. The van der Waals surface area contributed by atoms with E-state index in [1.807, 2.05) is 0 Å². The first kappa shape index (κ1) is 7.98. The van der Waals surface area contributed by atoms with Gasteiger partial charge in [0.25, 0.3) is 0 Å². The molecule has 1 unspecified atom stereocenters. The molecule has 0 aromatic carbocycles. The second-order valence-corrected chi connectivity index (χ2v) is 3.33. The van der Waals surface area contributed by atoms with E-state index in [4.69, 9.17) is 0 Å². The minimum absolute atomic E-state index is 0.549. The molecule has 0 aliphatic carbocycles. The lowest BCUT2D eigenvalue weighted by molar-refractivity contribution is -0.866. The number of quaternary nitrogens is 1. The van der Waals surface area contributed by atoms with Crippen LogP contribution in [0.1, 0.15) is 13.3 Å². The summed E-state index contributed by atoms with van der Waals surface area (Å²) >= 11 is 0. The molecule has 1 aliphatic rings. The Morgan fingerprint density at radius 3 is 2.70 bits per heavy atom. The van der Waals surface area contributed by atoms with Gasteiger partial charge in [-0.3, -0.25) is 0 Å². The van der Waals surface area contributed by atoms with Gasteiger partial charge in [0.1, 0.15) is 6.10 Å². The molecule has 1 saturated heterocycles. The molecular formula is C7H15NO2. The maximum Gasteiger partial charge on any atom is 0.129 e. The highest BCUT2D eigenvalue weighted by molar-refractivity contribution is 4.83. The number of likely N-dealkylation sites (tertiary alicyclic amines) is 1. The van der Waals surface area contributed by atoms with Gasteiger partial charge in [0, 0.05) is 6.42 Å². The van der Waals surface area contributed by atoms with Crippen molar-refractivity contribution in [3.8, 4) is 0 Å². The zero-order valence-electron chi connectivity index (χ0n) is 6.30. The van der Waals surface area contributed by atoms with Gasteiger partial charge < -0.3 is 15.1 Å². The van der Waals surface area contributed by atoms with E-state index in [-0.39, 0.29) is 0 Å². The number of hydrogen-bond acceptors (Lipinski definition) is 2. The van der Waals surface area contributed by atoms with Crippen molar-refractivity contribution in [1.29, 1.82) is 0 Å². The highest BCUT2D eigenvalue weighted by Gasteiger charge is 2.35. The van der Waals surface area contributed by atoms with E-state index in [9.17, 15) is 10.2 Å². The molecule has 0 radical (unpaired) electrons. The largest absolute Gasteiger partial charge is 0.466 e. The quantitative estimate of drug-likeness (QED) is 0.351. The van der Waals surface area contributed by atoms with Crippen molar-refractivity contribution in [1.82, 2.24) is 0 Å². The number of aliphatic hydroxyl groups is 2. The number of nitrogens with one attached hydrogen (secondary N) is 1. The van der Waals surface area contributed by atoms with Gasteiger partial charge in [-0.15, -0.1) is 0 Å². The summed E-state index contributed by atoms with van der Waals surface area (Å²) in [5.74, 6) is 0. The zero-order valence-corrected chi connectivity index (χ0v) is 6.30. The first-order chi connectivity index (χ1) is 4.52. The van der Waals surface area contributed by atoms with Gasteiger partial charge in [0.15, 0.2) is 0 Å². The predicted octanol–water partition coefficient (Wildman–Crippen LogP) is -1.82. The third kappa shape index (κ3) is 1.48. The summed E-state index contributed by atoms with van der Waals surface area (Å²) in [4.78, 5) is 1.04. The van der Waals surface area contributed by atoms with E-state index in [0.29, 0.717) is 13.0 Å². The van der Waals surface area contributed by atoms with Crippen molar-refractivity contribution >= 4 is 0 Å². The van der Waals surface area contributed by atoms with Crippen LogP contribution in [0.15, 0.2) is 0 Å². The van der Waals surface area contributed by atoms with Crippen LogP contribution in [0.2, 0.25) is 0 Å². The molecule has 0 bridgehead atoms. The van der Waals surface area contributed by atoms with Gasteiger partial charge >= 0.3 is 0 Å². The molecule has 3 nitrogen and oxygen atoms in total. The minimum atomic E-state index is -0.888. The molecule has 1 aliphatic heterocycles. The molecule has 0 aromatic heterocycles. The van der Waals surface area contributed by atoms with Crippen LogP contribution in [0.4, 0.5) is 0 Å². The molecule has 1 fully saturated rings. The summed E-state index contributed by atoms with van der Waals surface area (Å²) < 4.78 is 0. The van der Waals surface area contributed by atoms with Crippen LogP contribution in [0.25, 0.3) is 0 Å². The average Bonchev–Trinajstić information content (AvgIpc) is 1.81. The van der Waals surface area contributed by atoms with E-state index >= 15 is 0 Å². The van der Waals surface area contributed by atoms with Gasteiger partial charge in [-0.25, -0.2) is 0 Å². The van der Waals surface area contributed by atoms with E-state index in [2.05, 4.69) is 7.05 Å². The molecular weight excluding hydrogens is 130 g/mol. The van der Waals surface area contributed by atoms with Crippen LogP contribution < -0.4 is 4.90 Å². The van der Waals surface area contributed by atoms with Crippen LogP contribution in [0.5, 0.6) is 0 Å². The SMILES string of the molecule is [CH2-][NH+]1CC[C@@](C)(O)[C@@H](O)C1. The van der Waals surface area contributed by atoms with Crippen molar-refractivity contribution in [2.24, 2.45) is 0 Å². The topological polar surface area (TPSA) is 44.9 Å². The maximum absolute atomic E-state index is 9.47. The van der Waals surface area contributed by atoms with Crippen molar-refractivity contribution in [3.63, 3.8) is 0 Å². The van der Waals surface area contributed by atoms with Crippen LogP contribution in [-0.4, -0.2) is 35.0 Å². The Kier molecular flexibility index (Phi) is 1.99. The molecule has 0 spiro atoms. The van der Waals surface area contributed by atoms with Crippen LogP contribution in [0.3, 0.4) is 0 Å². The first-order valence-electron chi connectivity index (χ1n) is 3.59. The third-order valence-electron chi connectivity index (χ3n) is 2.18. The van der Waals surface area contributed by atoms with E-state index in [1.54, 1.807) is 6.92 Å². The Morgan fingerprint density at radius 1 is 1.70 bits per heavy atom. The normalized spacial score (nSPS) is 49.2. The summed E-state index contributed by atoms with van der Waals surface area (Å²) in [6, 6.07) is 0. The van der Waals surface area contributed by atoms with Crippen LogP contribution >= 0.6 is 0 Å². The highest BCUT2D eigenvalue weighted by atomic mass is 16.3.